The van der Waals surface area contributed by atoms with Crippen LogP contribution in [-0.2, 0) is 0 Å². The molecule has 0 spiro atoms. The first-order valence-electron chi connectivity index (χ1n) is 8.70. The second-order valence-electron chi connectivity index (χ2n) is 8.06. The fourth-order valence-corrected chi connectivity index (χ4v) is 3.96. The summed E-state index contributed by atoms with van der Waals surface area (Å²) in [6, 6.07) is 9.45. The zero-order valence-electron chi connectivity index (χ0n) is 15.3. The maximum Gasteiger partial charge on any atom is 0.319 e. The third kappa shape index (κ3) is 4.39. The van der Waals surface area contributed by atoms with Gasteiger partial charge in [-0.05, 0) is 58.7 Å². The van der Waals surface area contributed by atoms with Crippen LogP contribution in [0.1, 0.15) is 40.5 Å². The van der Waals surface area contributed by atoms with Gasteiger partial charge in [0.1, 0.15) is 0 Å². The molecule has 0 unspecified atom stereocenters. The zero-order chi connectivity index (χ0) is 18.1. The number of para-hydroxylation sites is 2. The van der Waals surface area contributed by atoms with Crippen molar-refractivity contribution in [3.63, 3.8) is 0 Å². The highest BCUT2D eigenvalue weighted by Gasteiger charge is 2.38. The van der Waals surface area contributed by atoms with Crippen LogP contribution in [0.4, 0.5) is 10.5 Å². The minimum absolute atomic E-state index is 0.00728. The van der Waals surface area contributed by atoms with Gasteiger partial charge in [-0.1, -0.05) is 12.1 Å². The largest absolute Gasteiger partial charge is 0.335 e. The van der Waals surface area contributed by atoms with E-state index in [4.69, 9.17) is 0 Å². The van der Waals surface area contributed by atoms with E-state index in [9.17, 15) is 4.79 Å². The van der Waals surface area contributed by atoms with Gasteiger partial charge in [-0.2, -0.15) is 5.10 Å². The highest BCUT2D eigenvalue weighted by atomic mass is 16.2. The highest BCUT2D eigenvalue weighted by molar-refractivity contribution is 5.91. The fourth-order valence-electron chi connectivity index (χ4n) is 3.96. The molecule has 1 saturated heterocycles. The molecule has 6 heteroatoms. The van der Waals surface area contributed by atoms with Crippen LogP contribution in [0.15, 0.2) is 42.7 Å². The van der Waals surface area contributed by atoms with Crippen molar-refractivity contribution in [2.45, 2.75) is 57.7 Å². The summed E-state index contributed by atoms with van der Waals surface area (Å²) < 4.78 is 1.74. The van der Waals surface area contributed by atoms with Crippen molar-refractivity contribution in [1.82, 2.24) is 20.4 Å². The molecule has 1 aliphatic heterocycles. The van der Waals surface area contributed by atoms with Gasteiger partial charge in [-0.3, -0.25) is 0 Å². The molecule has 1 fully saturated rings. The number of amides is 2. The van der Waals surface area contributed by atoms with Crippen molar-refractivity contribution in [1.29, 1.82) is 0 Å². The Hall–Kier alpha value is -2.34. The summed E-state index contributed by atoms with van der Waals surface area (Å²) in [5.41, 5.74) is 1.56. The number of anilines is 1. The van der Waals surface area contributed by atoms with Crippen LogP contribution in [0.3, 0.4) is 0 Å². The zero-order valence-corrected chi connectivity index (χ0v) is 15.3. The SMILES string of the molecule is CC1(C)CC(NC(=O)Nc2ccccc2-n2cccn2)CC(C)(C)N1. The van der Waals surface area contributed by atoms with E-state index in [1.807, 2.05) is 36.5 Å². The van der Waals surface area contributed by atoms with Gasteiger partial charge < -0.3 is 16.0 Å². The lowest BCUT2D eigenvalue weighted by Gasteiger charge is -2.46. The Morgan fingerprint density at radius 2 is 1.84 bits per heavy atom. The maximum atomic E-state index is 12.6. The quantitative estimate of drug-likeness (QED) is 0.802. The lowest BCUT2D eigenvalue weighted by Crippen LogP contribution is -2.62. The number of benzene rings is 1. The van der Waals surface area contributed by atoms with Gasteiger partial charge in [-0.15, -0.1) is 0 Å². The molecule has 0 atom stereocenters. The molecule has 0 saturated carbocycles. The van der Waals surface area contributed by atoms with Crippen LogP contribution in [0, 0.1) is 0 Å². The highest BCUT2D eigenvalue weighted by Crippen LogP contribution is 2.28. The molecule has 3 rings (SSSR count). The summed E-state index contributed by atoms with van der Waals surface area (Å²) in [6.45, 7) is 8.70. The molecule has 25 heavy (non-hydrogen) atoms. The lowest BCUT2D eigenvalue weighted by atomic mass is 9.80. The van der Waals surface area contributed by atoms with E-state index in [-0.39, 0.29) is 23.2 Å². The second kappa shape index (κ2) is 6.52. The monoisotopic (exact) mass is 341 g/mol. The van der Waals surface area contributed by atoms with E-state index >= 15 is 0 Å². The van der Waals surface area contributed by atoms with E-state index < -0.39 is 0 Å². The summed E-state index contributed by atoms with van der Waals surface area (Å²) >= 11 is 0. The average Bonchev–Trinajstić information content (AvgIpc) is 2.98. The predicted octanol–water partition coefficient (Wildman–Crippen LogP) is 3.30. The topological polar surface area (TPSA) is 71.0 Å². The third-order valence-corrected chi connectivity index (χ3v) is 4.43. The number of piperidine rings is 1. The molecular weight excluding hydrogens is 314 g/mol. The van der Waals surface area contributed by atoms with Crippen LogP contribution in [0.5, 0.6) is 0 Å². The van der Waals surface area contributed by atoms with E-state index in [1.165, 1.54) is 0 Å². The molecular formula is C19H27N5O. The molecule has 134 valence electrons. The van der Waals surface area contributed by atoms with Gasteiger partial charge in [0, 0.05) is 29.5 Å². The minimum Gasteiger partial charge on any atom is -0.335 e. The van der Waals surface area contributed by atoms with Gasteiger partial charge in [-0.25, -0.2) is 9.48 Å². The second-order valence-corrected chi connectivity index (χ2v) is 8.06. The first-order valence-corrected chi connectivity index (χ1v) is 8.70. The van der Waals surface area contributed by atoms with Crippen LogP contribution >= 0.6 is 0 Å². The van der Waals surface area contributed by atoms with Crippen LogP contribution in [-0.4, -0.2) is 32.9 Å². The van der Waals surface area contributed by atoms with Gasteiger partial charge >= 0.3 is 6.03 Å². The van der Waals surface area contributed by atoms with E-state index in [0.717, 1.165) is 24.2 Å². The van der Waals surface area contributed by atoms with E-state index in [0.29, 0.717) is 0 Å². The number of hydrogen-bond acceptors (Lipinski definition) is 3. The summed E-state index contributed by atoms with van der Waals surface area (Å²) in [6.07, 6.45) is 5.36. The van der Waals surface area contributed by atoms with Gasteiger partial charge in [0.15, 0.2) is 0 Å². The number of hydrogen-bond donors (Lipinski definition) is 3. The Kier molecular flexibility index (Phi) is 4.56. The third-order valence-electron chi connectivity index (χ3n) is 4.43. The van der Waals surface area contributed by atoms with Gasteiger partial charge in [0.25, 0.3) is 0 Å². The molecule has 0 bridgehead atoms. The number of rotatable bonds is 3. The number of nitrogens with zero attached hydrogens (tertiary/aromatic N) is 2. The Morgan fingerprint density at radius 1 is 1.16 bits per heavy atom. The number of urea groups is 1. The number of nitrogens with one attached hydrogen (secondary N) is 3. The lowest BCUT2D eigenvalue weighted by molar-refractivity contribution is 0.149. The first kappa shape index (κ1) is 17.5. The molecule has 6 nitrogen and oxygen atoms in total. The molecule has 0 radical (unpaired) electrons. The summed E-state index contributed by atoms with van der Waals surface area (Å²) in [5, 5.41) is 14.0. The van der Waals surface area contributed by atoms with Gasteiger partial charge in [0.2, 0.25) is 0 Å². The smallest absolute Gasteiger partial charge is 0.319 e. The number of aromatic nitrogens is 2. The maximum absolute atomic E-state index is 12.6. The van der Waals surface area contributed by atoms with Crippen LogP contribution in [0.2, 0.25) is 0 Å². The van der Waals surface area contributed by atoms with Crippen molar-refractivity contribution < 1.29 is 4.79 Å². The van der Waals surface area contributed by atoms with Crippen molar-refractivity contribution in [2.75, 3.05) is 5.32 Å². The van der Waals surface area contributed by atoms with Crippen molar-refractivity contribution >= 4 is 11.7 Å². The Morgan fingerprint density at radius 3 is 2.48 bits per heavy atom. The van der Waals surface area contributed by atoms with E-state index in [1.54, 1.807) is 10.9 Å². The van der Waals surface area contributed by atoms with Crippen LogP contribution in [0.25, 0.3) is 5.69 Å². The van der Waals surface area contributed by atoms with Crippen molar-refractivity contribution in [3.8, 4) is 5.69 Å². The van der Waals surface area contributed by atoms with Crippen molar-refractivity contribution in [3.05, 3.63) is 42.7 Å². The van der Waals surface area contributed by atoms with Gasteiger partial charge in [0.05, 0.1) is 11.4 Å². The van der Waals surface area contributed by atoms with Crippen LogP contribution < -0.4 is 16.0 Å². The summed E-state index contributed by atoms with van der Waals surface area (Å²) in [5.74, 6) is 0. The molecule has 2 aromatic rings. The molecule has 2 amide bonds. The summed E-state index contributed by atoms with van der Waals surface area (Å²) in [4.78, 5) is 12.6. The molecule has 1 aliphatic rings. The minimum atomic E-state index is -0.182. The number of carbonyl (C=O) groups excluding carboxylic acids is 1. The Balaban J connectivity index is 1.70. The Labute approximate surface area is 149 Å². The summed E-state index contributed by atoms with van der Waals surface area (Å²) in [7, 11) is 0. The molecule has 3 N–H and O–H groups in total. The molecule has 0 aliphatic carbocycles. The average molecular weight is 341 g/mol. The van der Waals surface area contributed by atoms with E-state index in [2.05, 4.69) is 48.7 Å². The molecule has 1 aromatic heterocycles. The molecule has 2 heterocycles. The normalized spacial score (nSPS) is 19.4. The Bertz CT molecular complexity index is 720. The van der Waals surface area contributed by atoms with Crippen molar-refractivity contribution in [2.24, 2.45) is 0 Å². The molecule has 1 aromatic carbocycles. The fraction of sp³-hybridized carbons (Fsp3) is 0.474. The first-order chi connectivity index (χ1) is 11.7. The predicted molar refractivity (Wildman–Crippen MR) is 100 cm³/mol. The number of carbonyl (C=O) groups is 1. The standard InChI is InChI=1S/C19H27N5O/c1-18(2)12-14(13-19(3,4)23-18)21-17(25)22-15-8-5-6-9-16(15)24-11-7-10-20-24/h5-11,14,23H,12-13H2,1-4H3,(H2,21,22,25).